The van der Waals surface area contributed by atoms with Gasteiger partial charge in [-0.3, -0.25) is 4.79 Å². The van der Waals surface area contributed by atoms with Crippen LogP contribution in [0.2, 0.25) is 0 Å². The monoisotopic (exact) mass is 227 g/mol. The zero-order chi connectivity index (χ0) is 12.6. The molecule has 90 valence electrons. The zero-order valence-electron chi connectivity index (χ0n) is 10.2. The number of hydrogen-bond donors (Lipinski definition) is 0. The first-order valence-electron chi connectivity index (χ1n) is 5.10. The summed E-state index contributed by atoms with van der Waals surface area (Å²) in [5.74, 6) is -0.580. The summed E-state index contributed by atoms with van der Waals surface area (Å²) in [6.45, 7) is 8.62. The number of nitrogens with zero attached hydrogens (tertiary/aromatic N) is 1. The second-order valence-electron chi connectivity index (χ2n) is 5.13. The third kappa shape index (κ3) is 3.13. The lowest BCUT2D eigenvalue weighted by Gasteiger charge is -2.23. The van der Waals surface area contributed by atoms with E-state index in [0.29, 0.717) is 6.29 Å². The molecule has 0 bridgehead atoms. The largest absolute Gasteiger partial charge is 0.458 e. The fourth-order valence-corrected chi connectivity index (χ4v) is 1.36. The van der Waals surface area contributed by atoms with Crippen LogP contribution in [-0.2, 0) is 19.1 Å². The Morgan fingerprint density at radius 3 is 2.50 bits per heavy atom. The summed E-state index contributed by atoms with van der Waals surface area (Å²) in [7, 11) is 0. The summed E-state index contributed by atoms with van der Waals surface area (Å²) in [5.41, 5.74) is -1.38. The third-order valence-electron chi connectivity index (χ3n) is 1.81. The maximum Gasteiger partial charge on any atom is 0.342 e. The first-order valence-corrected chi connectivity index (χ1v) is 5.10. The highest BCUT2D eigenvalue weighted by Gasteiger charge is 2.40. The Balaban J connectivity index is 2.80. The molecular weight excluding hydrogens is 210 g/mol. The van der Waals surface area contributed by atoms with Gasteiger partial charge in [0.1, 0.15) is 11.3 Å². The van der Waals surface area contributed by atoms with E-state index in [1.54, 1.807) is 34.6 Å². The fourth-order valence-electron chi connectivity index (χ4n) is 1.36. The van der Waals surface area contributed by atoms with Crippen molar-refractivity contribution in [2.24, 2.45) is 4.99 Å². The smallest absolute Gasteiger partial charge is 0.342 e. The van der Waals surface area contributed by atoms with E-state index < -0.39 is 23.4 Å². The second kappa shape index (κ2) is 3.97. The summed E-state index contributed by atoms with van der Waals surface area (Å²) in [5, 5.41) is 0. The van der Waals surface area contributed by atoms with Gasteiger partial charge in [0.25, 0.3) is 0 Å². The molecule has 16 heavy (non-hydrogen) atoms. The highest BCUT2D eigenvalue weighted by Crippen LogP contribution is 2.24. The first-order chi connectivity index (χ1) is 7.14. The molecule has 1 rings (SSSR count). The number of aldehydes is 1. The molecule has 5 nitrogen and oxygen atoms in total. The summed E-state index contributed by atoms with van der Waals surface area (Å²) in [6.07, 6.45) is -0.477. The zero-order valence-corrected chi connectivity index (χ0v) is 10.2. The van der Waals surface area contributed by atoms with E-state index >= 15 is 0 Å². The van der Waals surface area contributed by atoms with Gasteiger partial charge in [-0.05, 0) is 34.6 Å². The Hall–Kier alpha value is -1.23. The van der Waals surface area contributed by atoms with Gasteiger partial charge in [-0.1, -0.05) is 0 Å². The van der Waals surface area contributed by atoms with Crippen LogP contribution in [-0.4, -0.2) is 35.4 Å². The normalized spacial score (nSPS) is 23.8. The average molecular weight is 227 g/mol. The summed E-state index contributed by atoms with van der Waals surface area (Å²) in [6, 6.07) is 0. The van der Waals surface area contributed by atoms with Crippen LogP contribution in [0.15, 0.2) is 4.99 Å². The molecule has 1 atom stereocenters. The van der Waals surface area contributed by atoms with Gasteiger partial charge in [-0.15, -0.1) is 0 Å². The molecular formula is C11H17NO4. The Morgan fingerprint density at radius 1 is 1.50 bits per heavy atom. The van der Waals surface area contributed by atoms with E-state index in [0.717, 1.165) is 0 Å². The van der Waals surface area contributed by atoms with Crippen molar-refractivity contribution in [1.29, 1.82) is 0 Å². The van der Waals surface area contributed by atoms with Crippen molar-refractivity contribution in [2.75, 3.05) is 0 Å². The van der Waals surface area contributed by atoms with Crippen molar-refractivity contribution in [3.05, 3.63) is 0 Å². The van der Waals surface area contributed by atoms with E-state index in [4.69, 9.17) is 9.47 Å². The quantitative estimate of drug-likeness (QED) is 0.523. The van der Waals surface area contributed by atoms with Crippen LogP contribution in [0.3, 0.4) is 0 Å². The van der Waals surface area contributed by atoms with Crippen molar-refractivity contribution in [1.82, 2.24) is 0 Å². The number of aliphatic imine (C=N–C) groups is 1. The molecule has 1 unspecified atom stereocenters. The van der Waals surface area contributed by atoms with Crippen molar-refractivity contribution >= 4 is 18.0 Å². The number of ether oxygens (including phenoxy) is 2. The lowest BCUT2D eigenvalue weighted by molar-refractivity contribution is -0.168. The van der Waals surface area contributed by atoms with E-state index in [9.17, 15) is 9.59 Å². The standard InChI is InChI=1S/C11H17NO4/c1-10(2,3)16-9(14)8-7(6-13)12-11(4,5)15-8/h6,8H,1-5H3. The summed E-state index contributed by atoms with van der Waals surface area (Å²) < 4.78 is 10.5. The number of carbonyl (C=O) groups is 2. The van der Waals surface area contributed by atoms with Gasteiger partial charge < -0.3 is 9.47 Å². The second-order valence-corrected chi connectivity index (χ2v) is 5.13. The molecule has 0 aromatic heterocycles. The molecule has 1 aliphatic rings. The maximum absolute atomic E-state index is 11.7. The van der Waals surface area contributed by atoms with Crippen LogP contribution in [0.5, 0.6) is 0 Å². The van der Waals surface area contributed by atoms with E-state index in [1.165, 1.54) is 0 Å². The lowest BCUT2D eigenvalue weighted by atomic mass is 10.2. The van der Waals surface area contributed by atoms with E-state index in [-0.39, 0.29) is 5.71 Å². The molecule has 0 N–H and O–H groups in total. The van der Waals surface area contributed by atoms with Crippen LogP contribution >= 0.6 is 0 Å². The molecule has 0 fully saturated rings. The van der Waals surface area contributed by atoms with Crippen molar-refractivity contribution in [3.63, 3.8) is 0 Å². The number of rotatable bonds is 2. The molecule has 0 radical (unpaired) electrons. The molecule has 0 amide bonds. The maximum atomic E-state index is 11.7. The Bertz CT molecular complexity index is 338. The number of hydrogen-bond acceptors (Lipinski definition) is 5. The average Bonchev–Trinajstić information content (AvgIpc) is 2.38. The first kappa shape index (κ1) is 12.8. The van der Waals surface area contributed by atoms with Gasteiger partial charge in [-0.25, -0.2) is 9.79 Å². The van der Waals surface area contributed by atoms with Crippen molar-refractivity contribution in [2.45, 2.75) is 52.0 Å². The minimum Gasteiger partial charge on any atom is -0.458 e. The highest BCUT2D eigenvalue weighted by molar-refractivity contribution is 6.35. The minimum atomic E-state index is -1.01. The predicted octanol–water partition coefficient (Wildman–Crippen LogP) is 1.10. The highest BCUT2D eigenvalue weighted by atomic mass is 16.6. The molecule has 0 aliphatic carbocycles. The van der Waals surface area contributed by atoms with Crippen molar-refractivity contribution in [3.8, 4) is 0 Å². The van der Waals surface area contributed by atoms with Crippen molar-refractivity contribution < 1.29 is 19.1 Å². The van der Waals surface area contributed by atoms with Gasteiger partial charge in [0.2, 0.25) is 6.10 Å². The molecule has 5 heteroatoms. The Labute approximate surface area is 94.8 Å². The fraction of sp³-hybridized carbons (Fsp3) is 0.727. The van der Waals surface area contributed by atoms with E-state index in [2.05, 4.69) is 4.99 Å². The summed E-state index contributed by atoms with van der Waals surface area (Å²) in [4.78, 5) is 26.5. The molecule has 1 aliphatic heterocycles. The predicted molar refractivity (Wildman–Crippen MR) is 58.3 cm³/mol. The lowest BCUT2D eigenvalue weighted by Crippen LogP contribution is -2.38. The third-order valence-corrected chi connectivity index (χ3v) is 1.81. The molecule has 0 saturated carbocycles. The van der Waals surface area contributed by atoms with Crippen LogP contribution in [0.1, 0.15) is 34.6 Å². The molecule has 0 aromatic carbocycles. The van der Waals surface area contributed by atoms with Crippen LogP contribution in [0, 0.1) is 0 Å². The Kier molecular flexibility index (Phi) is 3.19. The minimum absolute atomic E-state index is 0.0826. The Morgan fingerprint density at radius 2 is 2.06 bits per heavy atom. The molecule has 0 aromatic rings. The number of esters is 1. The van der Waals surface area contributed by atoms with Crippen LogP contribution in [0.25, 0.3) is 0 Å². The summed E-state index contributed by atoms with van der Waals surface area (Å²) >= 11 is 0. The van der Waals surface area contributed by atoms with Crippen LogP contribution < -0.4 is 0 Å². The SMILES string of the molecule is CC(C)(C)OC(=O)C1OC(C)(C)N=C1C=O. The van der Waals surface area contributed by atoms with Gasteiger partial charge >= 0.3 is 5.97 Å². The molecule has 0 saturated heterocycles. The van der Waals surface area contributed by atoms with Gasteiger partial charge in [0.15, 0.2) is 12.0 Å². The molecule has 0 spiro atoms. The van der Waals surface area contributed by atoms with E-state index in [1.807, 2.05) is 0 Å². The van der Waals surface area contributed by atoms with Crippen LogP contribution in [0.4, 0.5) is 0 Å². The van der Waals surface area contributed by atoms with Gasteiger partial charge in [-0.2, -0.15) is 0 Å². The van der Waals surface area contributed by atoms with Gasteiger partial charge in [0, 0.05) is 0 Å². The molecule has 1 heterocycles. The van der Waals surface area contributed by atoms with Gasteiger partial charge in [0.05, 0.1) is 0 Å². The number of carbonyl (C=O) groups excluding carboxylic acids is 2. The topological polar surface area (TPSA) is 65.0 Å².